The summed E-state index contributed by atoms with van der Waals surface area (Å²) < 4.78 is 1.95. The van der Waals surface area contributed by atoms with Crippen molar-refractivity contribution >= 4 is 22.1 Å². The summed E-state index contributed by atoms with van der Waals surface area (Å²) in [5, 5.41) is 11.6. The fourth-order valence-electron chi connectivity index (χ4n) is 2.24. The highest BCUT2D eigenvalue weighted by Crippen LogP contribution is 2.25. The minimum Gasteiger partial charge on any atom is -0.390 e. The Bertz CT molecular complexity index is 692. The molecule has 3 rings (SSSR count). The first-order chi connectivity index (χ1) is 9.83. The zero-order chi connectivity index (χ0) is 13.9. The number of hydrogen-bond donors (Lipinski definition) is 1. The first-order valence-corrected chi connectivity index (χ1v) is 7.41. The predicted molar refractivity (Wildman–Crippen MR) is 80.0 cm³/mol. The molecular weight excluding hydrogens is 272 g/mol. The average Bonchev–Trinajstić information content (AvgIpc) is 3.06. The van der Waals surface area contributed by atoms with Crippen molar-refractivity contribution in [2.75, 3.05) is 11.4 Å². The van der Waals surface area contributed by atoms with Gasteiger partial charge in [-0.1, -0.05) is 6.07 Å². The minimum atomic E-state index is -0.0219. The van der Waals surface area contributed by atoms with Crippen LogP contribution in [0.4, 0.5) is 5.82 Å². The van der Waals surface area contributed by atoms with E-state index in [1.807, 2.05) is 34.2 Å². The molecule has 6 heteroatoms. The largest absolute Gasteiger partial charge is 0.390 e. The maximum Gasteiger partial charge on any atom is 0.195 e. The van der Waals surface area contributed by atoms with Crippen molar-refractivity contribution in [1.82, 2.24) is 14.4 Å². The molecule has 0 unspecified atom stereocenters. The number of hydrogen-bond acceptors (Lipinski definition) is 5. The molecule has 3 aromatic rings. The molecule has 20 heavy (non-hydrogen) atoms. The van der Waals surface area contributed by atoms with Crippen LogP contribution in [-0.4, -0.2) is 26.0 Å². The molecule has 0 atom stereocenters. The van der Waals surface area contributed by atoms with Crippen LogP contribution < -0.4 is 4.90 Å². The number of imidazole rings is 1. The molecule has 0 aliphatic carbocycles. The van der Waals surface area contributed by atoms with Crippen LogP contribution in [0, 0.1) is 0 Å². The lowest BCUT2D eigenvalue weighted by Gasteiger charge is -2.21. The first-order valence-electron chi connectivity index (χ1n) is 6.53. The Morgan fingerprint density at radius 3 is 3.00 bits per heavy atom. The Kier molecular flexibility index (Phi) is 3.66. The number of nitrogens with zero attached hydrogens (tertiary/aromatic N) is 4. The minimum absolute atomic E-state index is 0.0219. The van der Waals surface area contributed by atoms with Crippen LogP contribution in [0.15, 0.2) is 36.0 Å². The summed E-state index contributed by atoms with van der Waals surface area (Å²) in [5.74, 6) is 0.840. The van der Waals surface area contributed by atoms with Crippen molar-refractivity contribution in [2.24, 2.45) is 0 Å². The number of aliphatic hydroxyl groups excluding tert-OH is 1. The lowest BCUT2D eigenvalue weighted by Crippen LogP contribution is -2.24. The van der Waals surface area contributed by atoms with E-state index in [0.717, 1.165) is 28.7 Å². The second kappa shape index (κ2) is 5.60. The lowest BCUT2D eigenvalue weighted by molar-refractivity contribution is 0.276. The summed E-state index contributed by atoms with van der Waals surface area (Å²) in [7, 11) is 0. The Labute approximate surface area is 121 Å². The molecule has 0 spiro atoms. The molecule has 0 fully saturated rings. The normalized spacial score (nSPS) is 11.1. The van der Waals surface area contributed by atoms with Crippen LogP contribution in [0.3, 0.4) is 0 Å². The highest BCUT2D eigenvalue weighted by atomic mass is 32.1. The van der Waals surface area contributed by atoms with E-state index in [2.05, 4.69) is 21.8 Å². The van der Waals surface area contributed by atoms with Gasteiger partial charge in [0.1, 0.15) is 0 Å². The molecule has 0 bridgehead atoms. The Hall–Kier alpha value is -1.92. The van der Waals surface area contributed by atoms with E-state index in [0.29, 0.717) is 6.54 Å². The number of aliphatic hydroxyl groups is 1. The topological polar surface area (TPSA) is 53.7 Å². The van der Waals surface area contributed by atoms with Gasteiger partial charge in [-0.15, -0.1) is 11.3 Å². The zero-order valence-corrected chi connectivity index (χ0v) is 12.0. The third-order valence-electron chi connectivity index (χ3n) is 3.25. The van der Waals surface area contributed by atoms with Crippen molar-refractivity contribution < 1.29 is 5.11 Å². The Balaban J connectivity index is 1.96. The fourth-order valence-corrected chi connectivity index (χ4v) is 2.97. The number of rotatable bonds is 5. The van der Waals surface area contributed by atoms with Crippen molar-refractivity contribution in [3.05, 3.63) is 47.4 Å². The summed E-state index contributed by atoms with van der Waals surface area (Å²) in [5.41, 5.74) is 1.83. The molecule has 0 amide bonds. The third kappa shape index (κ3) is 2.28. The molecule has 104 valence electrons. The van der Waals surface area contributed by atoms with E-state index in [-0.39, 0.29) is 6.61 Å². The van der Waals surface area contributed by atoms with Gasteiger partial charge in [0.2, 0.25) is 0 Å². The molecule has 5 nitrogen and oxygen atoms in total. The number of anilines is 1. The van der Waals surface area contributed by atoms with Gasteiger partial charge in [-0.3, -0.25) is 9.38 Å². The van der Waals surface area contributed by atoms with E-state index < -0.39 is 0 Å². The summed E-state index contributed by atoms with van der Waals surface area (Å²) in [6, 6.07) is 5.89. The highest BCUT2D eigenvalue weighted by molar-refractivity contribution is 7.15. The van der Waals surface area contributed by atoms with Gasteiger partial charge in [0, 0.05) is 24.3 Å². The highest BCUT2D eigenvalue weighted by Gasteiger charge is 2.17. The molecule has 3 aromatic heterocycles. The first kappa shape index (κ1) is 13.1. The molecule has 3 heterocycles. The van der Waals surface area contributed by atoms with E-state index in [1.54, 1.807) is 17.5 Å². The van der Waals surface area contributed by atoms with E-state index in [1.165, 1.54) is 0 Å². The van der Waals surface area contributed by atoms with Gasteiger partial charge in [0.05, 0.1) is 24.5 Å². The molecule has 0 saturated carbocycles. The van der Waals surface area contributed by atoms with Crippen molar-refractivity contribution in [3.63, 3.8) is 0 Å². The van der Waals surface area contributed by atoms with Crippen molar-refractivity contribution in [3.8, 4) is 0 Å². The van der Waals surface area contributed by atoms with E-state index in [4.69, 9.17) is 0 Å². The standard InChI is InChI=1S/C14H16N4OS/c1-2-17(9-11-5-3-4-6-15-11)13-12(10-19)18-7-8-20-14(18)16-13/h3-8,19H,2,9-10H2,1H3. The van der Waals surface area contributed by atoms with Crippen LogP contribution in [0.1, 0.15) is 18.3 Å². The average molecular weight is 288 g/mol. The molecule has 0 saturated heterocycles. The predicted octanol–water partition coefficient (Wildman–Crippen LogP) is 2.31. The second-order valence-corrected chi connectivity index (χ2v) is 5.30. The quantitative estimate of drug-likeness (QED) is 0.783. The van der Waals surface area contributed by atoms with Crippen LogP contribution in [0.5, 0.6) is 0 Å². The summed E-state index contributed by atoms with van der Waals surface area (Å²) >= 11 is 1.57. The molecule has 0 aliphatic heterocycles. The lowest BCUT2D eigenvalue weighted by atomic mass is 10.3. The van der Waals surface area contributed by atoms with Gasteiger partial charge in [-0.25, -0.2) is 4.98 Å². The molecule has 1 N–H and O–H groups in total. The fraction of sp³-hybridized carbons (Fsp3) is 0.286. The van der Waals surface area contributed by atoms with Gasteiger partial charge < -0.3 is 10.0 Å². The number of aromatic nitrogens is 3. The molecular formula is C14H16N4OS. The monoisotopic (exact) mass is 288 g/mol. The van der Waals surface area contributed by atoms with Gasteiger partial charge in [-0.2, -0.15) is 0 Å². The van der Waals surface area contributed by atoms with Crippen LogP contribution in [-0.2, 0) is 13.2 Å². The Morgan fingerprint density at radius 1 is 1.40 bits per heavy atom. The SMILES string of the molecule is CCN(Cc1ccccn1)c1nc2sccn2c1CO. The summed E-state index contributed by atoms with van der Waals surface area (Å²) in [4.78, 5) is 12.0. The van der Waals surface area contributed by atoms with E-state index in [9.17, 15) is 5.11 Å². The van der Waals surface area contributed by atoms with Gasteiger partial charge >= 0.3 is 0 Å². The number of pyridine rings is 1. The van der Waals surface area contributed by atoms with E-state index >= 15 is 0 Å². The van der Waals surface area contributed by atoms with Crippen LogP contribution in [0.25, 0.3) is 4.96 Å². The molecule has 0 radical (unpaired) electrons. The van der Waals surface area contributed by atoms with Gasteiger partial charge in [0.15, 0.2) is 10.8 Å². The Morgan fingerprint density at radius 2 is 2.30 bits per heavy atom. The van der Waals surface area contributed by atoms with Gasteiger partial charge in [-0.05, 0) is 19.1 Å². The van der Waals surface area contributed by atoms with Crippen LogP contribution in [0.2, 0.25) is 0 Å². The number of thiazole rings is 1. The summed E-state index contributed by atoms with van der Waals surface area (Å²) in [6.45, 7) is 3.56. The van der Waals surface area contributed by atoms with Crippen LogP contribution >= 0.6 is 11.3 Å². The van der Waals surface area contributed by atoms with Crippen molar-refractivity contribution in [1.29, 1.82) is 0 Å². The third-order valence-corrected chi connectivity index (χ3v) is 4.01. The molecule has 0 aromatic carbocycles. The van der Waals surface area contributed by atoms with Gasteiger partial charge in [0.25, 0.3) is 0 Å². The maximum absolute atomic E-state index is 9.64. The second-order valence-electron chi connectivity index (χ2n) is 4.43. The molecule has 0 aliphatic rings. The summed E-state index contributed by atoms with van der Waals surface area (Å²) in [6.07, 6.45) is 3.73. The number of fused-ring (bicyclic) bond motifs is 1. The smallest absolute Gasteiger partial charge is 0.195 e. The zero-order valence-electron chi connectivity index (χ0n) is 11.2. The van der Waals surface area contributed by atoms with Crippen molar-refractivity contribution in [2.45, 2.75) is 20.1 Å². The maximum atomic E-state index is 9.64.